The van der Waals surface area contributed by atoms with Gasteiger partial charge in [-0.1, -0.05) is 0 Å². The standard InChI is InChI=1S/C21H15N3O6S/c22-10-5-31-19-15-11(2-13-18(19)30-6-29-13)23-16-8(14(10)15)3-24-12(16)1-7-9(20(24)26)4-28-21(27)17(7)25/h1-2,10,17,25H,3-6,22H2. The number of esters is 1. The third-order valence-corrected chi connectivity index (χ3v) is 7.56. The van der Waals surface area contributed by atoms with Crippen molar-refractivity contribution < 1.29 is 24.1 Å². The third-order valence-electron chi connectivity index (χ3n) is 6.36. The predicted octanol–water partition coefficient (Wildman–Crippen LogP) is 1.35. The van der Waals surface area contributed by atoms with Crippen LogP contribution in [0.25, 0.3) is 22.3 Å². The van der Waals surface area contributed by atoms with Crippen molar-refractivity contribution in [1.29, 1.82) is 0 Å². The van der Waals surface area contributed by atoms with E-state index in [4.69, 9.17) is 24.9 Å². The van der Waals surface area contributed by atoms with Gasteiger partial charge in [-0.25, -0.2) is 9.78 Å². The second kappa shape index (κ2) is 5.78. The first-order valence-corrected chi connectivity index (χ1v) is 10.8. The van der Waals surface area contributed by atoms with Gasteiger partial charge in [-0.3, -0.25) is 4.79 Å². The Morgan fingerprint density at radius 1 is 1.19 bits per heavy atom. The lowest BCUT2D eigenvalue weighted by Gasteiger charge is -2.25. The Bertz CT molecular complexity index is 1430. The number of nitrogens with two attached hydrogens (primary N) is 1. The van der Waals surface area contributed by atoms with Gasteiger partial charge in [-0.15, -0.1) is 11.8 Å². The summed E-state index contributed by atoms with van der Waals surface area (Å²) in [6.07, 6.45) is -1.48. The summed E-state index contributed by atoms with van der Waals surface area (Å²) in [5.41, 5.74) is 10.6. The van der Waals surface area contributed by atoms with E-state index in [2.05, 4.69) is 0 Å². The van der Waals surface area contributed by atoms with Gasteiger partial charge in [-0.2, -0.15) is 0 Å². The van der Waals surface area contributed by atoms with Gasteiger partial charge in [0.05, 0.1) is 33.9 Å². The fraction of sp³-hybridized carbons (Fsp3) is 0.286. The van der Waals surface area contributed by atoms with Crippen molar-refractivity contribution >= 4 is 28.6 Å². The van der Waals surface area contributed by atoms with Gasteiger partial charge in [0.1, 0.15) is 6.61 Å². The number of ether oxygens (including phenoxy) is 3. The molecule has 2 aromatic heterocycles. The smallest absolute Gasteiger partial charge is 0.340 e. The molecule has 0 spiro atoms. The minimum atomic E-state index is -1.48. The van der Waals surface area contributed by atoms with Crippen LogP contribution in [0.4, 0.5) is 0 Å². The van der Waals surface area contributed by atoms with Crippen LogP contribution in [0.2, 0.25) is 0 Å². The summed E-state index contributed by atoms with van der Waals surface area (Å²) in [5.74, 6) is 1.27. The molecular formula is C21H15N3O6S. The fourth-order valence-corrected chi connectivity index (χ4v) is 6.11. The lowest BCUT2D eigenvalue weighted by molar-refractivity contribution is -0.157. The van der Waals surface area contributed by atoms with Crippen molar-refractivity contribution in [2.75, 3.05) is 12.5 Å². The number of benzene rings is 1. The SMILES string of the molecule is NC1CSc2c3c(cc4nc5c(c1c24)Cn1c-5cc2c(c1=O)COC(=O)C2O)OCO3. The zero-order valence-electron chi connectivity index (χ0n) is 16.0. The predicted molar refractivity (Wildman–Crippen MR) is 109 cm³/mol. The van der Waals surface area contributed by atoms with Crippen LogP contribution in [0, 0.1) is 0 Å². The number of nitrogens with zero attached hydrogens (tertiary/aromatic N) is 2. The Morgan fingerprint density at radius 3 is 2.94 bits per heavy atom. The molecule has 156 valence electrons. The molecule has 6 heterocycles. The Balaban J connectivity index is 1.56. The molecule has 0 bridgehead atoms. The number of pyridine rings is 2. The van der Waals surface area contributed by atoms with Crippen LogP contribution in [0.15, 0.2) is 21.8 Å². The van der Waals surface area contributed by atoms with Crippen molar-refractivity contribution in [2.45, 2.75) is 30.2 Å². The molecule has 3 N–H and O–H groups in total. The molecule has 2 unspecified atom stereocenters. The summed E-state index contributed by atoms with van der Waals surface area (Å²) in [6, 6.07) is 3.29. The molecule has 1 aromatic carbocycles. The average molecular weight is 437 g/mol. The lowest BCUT2D eigenvalue weighted by Crippen LogP contribution is -2.32. The van der Waals surface area contributed by atoms with Crippen molar-refractivity contribution in [3.63, 3.8) is 0 Å². The van der Waals surface area contributed by atoms with E-state index >= 15 is 0 Å². The van der Waals surface area contributed by atoms with E-state index in [1.54, 1.807) is 22.4 Å². The van der Waals surface area contributed by atoms with E-state index in [-0.39, 0.29) is 30.6 Å². The molecule has 10 heteroatoms. The summed E-state index contributed by atoms with van der Waals surface area (Å²) in [6.45, 7) is 0.342. The Hall–Kier alpha value is -3.08. The number of rotatable bonds is 0. The Labute approximate surface area is 178 Å². The average Bonchev–Trinajstić information content (AvgIpc) is 3.37. The molecule has 0 fully saturated rings. The highest BCUT2D eigenvalue weighted by Crippen LogP contribution is 2.52. The molecule has 0 amide bonds. The number of carbonyl (C=O) groups is 1. The first-order chi connectivity index (χ1) is 15.0. The highest BCUT2D eigenvalue weighted by atomic mass is 32.2. The number of aliphatic hydroxyl groups excluding tert-OH is 1. The number of carbonyl (C=O) groups excluding carboxylic acids is 1. The van der Waals surface area contributed by atoms with Crippen molar-refractivity contribution in [3.05, 3.63) is 44.7 Å². The van der Waals surface area contributed by atoms with Gasteiger partial charge >= 0.3 is 5.97 Å². The largest absolute Gasteiger partial charge is 0.458 e. The number of fused-ring (bicyclic) bond motifs is 7. The molecule has 4 aliphatic heterocycles. The second-order valence-electron chi connectivity index (χ2n) is 7.97. The number of aliphatic hydroxyl groups is 1. The van der Waals surface area contributed by atoms with Crippen LogP contribution in [0.1, 0.15) is 34.4 Å². The quantitative estimate of drug-likeness (QED) is 0.392. The monoisotopic (exact) mass is 437 g/mol. The van der Waals surface area contributed by atoms with Gasteiger partial charge in [0.15, 0.2) is 17.6 Å². The van der Waals surface area contributed by atoms with Crippen LogP contribution >= 0.6 is 11.8 Å². The van der Waals surface area contributed by atoms with E-state index in [1.807, 2.05) is 6.07 Å². The summed E-state index contributed by atoms with van der Waals surface area (Å²) >= 11 is 1.62. The molecule has 0 saturated carbocycles. The number of hydrogen-bond donors (Lipinski definition) is 2. The molecule has 9 nitrogen and oxygen atoms in total. The van der Waals surface area contributed by atoms with Crippen LogP contribution < -0.4 is 20.8 Å². The molecule has 31 heavy (non-hydrogen) atoms. The molecule has 4 aliphatic rings. The summed E-state index contributed by atoms with van der Waals surface area (Å²) < 4.78 is 17.9. The number of aromatic nitrogens is 2. The Kier molecular flexibility index (Phi) is 3.28. The van der Waals surface area contributed by atoms with Crippen LogP contribution in [-0.4, -0.2) is 33.2 Å². The maximum atomic E-state index is 13.2. The van der Waals surface area contributed by atoms with E-state index < -0.39 is 12.1 Å². The van der Waals surface area contributed by atoms with E-state index in [1.165, 1.54) is 0 Å². The van der Waals surface area contributed by atoms with Gasteiger partial charge < -0.3 is 29.6 Å². The van der Waals surface area contributed by atoms with Crippen LogP contribution in [0.5, 0.6) is 11.5 Å². The summed E-state index contributed by atoms with van der Waals surface area (Å²) in [7, 11) is 0. The normalized spacial score (nSPS) is 22.2. The second-order valence-corrected chi connectivity index (χ2v) is 9.00. The zero-order chi connectivity index (χ0) is 21.0. The number of cyclic esters (lactones) is 1. The lowest BCUT2D eigenvalue weighted by atomic mass is 9.94. The van der Waals surface area contributed by atoms with Gasteiger partial charge in [0.25, 0.3) is 5.56 Å². The van der Waals surface area contributed by atoms with Crippen LogP contribution in [-0.2, 0) is 22.7 Å². The fourth-order valence-electron chi connectivity index (χ4n) is 4.95. The zero-order valence-corrected chi connectivity index (χ0v) is 16.8. The summed E-state index contributed by atoms with van der Waals surface area (Å²) in [5, 5.41) is 11.2. The topological polar surface area (TPSA) is 126 Å². The molecular weight excluding hydrogens is 422 g/mol. The maximum Gasteiger partial charge on any atom is 0.340 e. The molecule has 0 radical (unpaired) electrons. The van der Waals surface area contributed by atoms with Gasteiger partial charge in [0.2, 0.25) is 6.79 Å². The van der Waals surface area contributed by atoms with Gasteiger partial charge in [-0.05, 0) is 11.6 Å². The van der Waals surface area contributed by atoms with Gasteiger partial charge in [0, 0.05) is 34.4 Å². The minimum absolute atomic E-state index is 0.148. The molecule has 2 atom stereocenters. The highest BCUT2D eigenvalue weighted by Gasteiger charge is 2.37. The first kappa shape index (κ1) is 17.6. The molecule has 0 aliphatic carbocycles. The van der Waals surface area contributed by atoms with Crippen molar-refractivity contribution in [3.8, 4) is 22.9 Å². The first-order valence-electron chi connectivity index (χ1n) is 9.82. The number of hydrogen-bond acceptors (Lipinski definition) is 9. The summed E-state index contributed by atoms with van der Waals surface area (Å²) in [4.78, 5) is 30.9. The molecule has 7 rings (SSSR count). The highest BCUT2D eigenvalue weighted by molar-refractivity contribution is 7.99. The van der Waals surface area contributed by atoms with Crippen LogP contribution in [0.3, 0.4) is 0 Å². The molecule has 3 aromatic rings. The minimum Gasteiger partial charge on any atom is -0.458 e. The number of thioether (sulfide) groups is 1. The van der Waals surface area contributed by atoms with E-state index in [0.29, 0.717) is 46.3 Å². The Morgan fingerprint density at radius 2 is 2.06 bits per heavy atom. The third kappa shape index (κ3) is 2.11. The van der Waals surface area contributed by atoms with Crippen molar-refractivity contribution in [1.82, 2.24) is 9.55 Å². The molecule has 0 saturated heterocycles. The van der Waals surface area contributed by atoms with E-state index in [0.717, 1.165) is 21.4 Å². The van der Waals surface area contributed by atoms with Crippen molar-refractivity contribution in [2.24, 2.45) is 5.73 Å². The maximum absolute atomic E-state index is 13.2. The van der Waals surface area contributed by atoms with E-state index in [9.17, 15) is 14.7 Å².